The molecule has 0 amide bonds. The first kappa shape index (κ1) is 12.9. The molecule has 0 fully saturated rings. The molecule has 1 aromatic heterocycles. The smallest absolute Gasteiger partial charge is 0.0733 e. The summed E-state index contributed by atoms with van der Waals surface area (Å²) in [5.74, 6) is 5.62. The van der Waals surface area contributed by atoms with Gasteiger partial charge in [-0.05, 0) is 47.7 Å². The molecule has 0 spiro atoms. The predicted molar refractivity (Wildman–Crippen MR) is 74.7 cm³/mol. The van der Waals surface area contributed by atoms with Crippen LogP contribution in [0.5, 0.6) is 0 Å². The molecule has 1 heterocycles. The molecule has 2 nitrogen and oxygen atoms in total. The molecular formula is C12H12Cl2N2S. The van der Waals surface area contributed by atoms with E-state index in [2.05, 4.69) is 23.8 Å². The second kappa shape index (κ2) is 5.38. The molecule has 1 aromatic carbocycles. The number of thiophene rings is 1. The van der Waals surface area contributed by atoms with E-state index in [4.69, 9.17) is 29.0 Å². The molecule has 90 valence electrons. The highest BCUT2D eigenvalue weighted by molar-refractivity contribution is 7.10. The number of aryl methyl sites for hydroxylation is 1. The Balaban J connectivity index is 2.45. The van der Waals surface area contributed by atoms with Crippen molar-refractivity contribution in [2.45, 2.75) is 13.0 Å². The highest BCUT2D eigenvalue weighted by Crippen LogP contribution is 2.32. The van der Waals surface area contributed by atoms with Crippen LogP contribution in [0.2, 0.25) is 10.0 Å². The fourth-order valence-electron chi connectivity index (χ4n) is 1.72. The van der Waals surface area contributed by atoms with Crippen LogP contribution in [0.25, 0.3) is 0 Å². The van der Waals surface area contributed by atoms with Crippen molar-refractivity contribution in [3.8, 4) is 0 Å². The number of hydrogen-bond acceptors (Lipinski definition) is 3. The number of halogens is 2. The zero-order chi connectivity index (χ0) is 12.4. The van der Waals surface area contributed by atoms with Crippen molar-refractivity contribution in [2.24, 2.45) is 5.84 Å². The third-order valence-corrected chi connectivity index (χ3v) is 3.98. The maximum Gasteiger partial charge on any atom is 0.0733 e. The monoisotopic (exact) mass is 286 g/mol. The van der Waals surface area contributed by atoms with E-state index in [0.717, 1.165) is 11.1 Å². The van der Waals surface area contributed by atoms with Crippen molar-refractivity contribution < 1.29 is 0 Å². The average Bonchev–Trinajstić information content (AvgIpc) is 2.71. The number of nitrogens with two attached hydrogens (primary N) is 1. The summed E-state index contributed by atoms with van der Waals surface area (Å²) in [5, 5.41) is 3.37. The van der Waals surface area contributed by atoms with Gasteiger partial charge in [0.1, 0.15) is 0 Å². The van der Waals surface area contributed by atoms with E-state index in [1.54, 1.807) is 23.5 Å². The van der Waals surface area contributed by atoms with E-state index in [1.165, 1.54) is 4.88 Å². The first-order valence-corrected chi connectivity index (χ1v) is 6.71. The molecule has 0 saturated heterocycles. The summed E-state index contributed by atoms with van der Waals surface area (Å²) in [5.41, 5.74) is 4.76. The van der Waals surface area contributed by atoms with Crippen molar-refractivity contribution in [3.63, 3.8) is 0 Å². The van der Waals surface area contributed by atoms with Gasteiger partial charge in [0.05, 0.1) is 6.04 Å². The van der Waals surface area contributed by atoms with Crippen molar-refractivity contribution in [2.75, 3.05) is 0 Å². The molecule has 3 N–H and O–H groups in total. The van der Waals surface area contributed by atoms with E-state index >= 15 is 0 Å². The van der Waals surface area contributed by atoms with Crippen LogP contribution in [-0.2, 0) is 0 Å². The quantitative estimate of drug-likeness (QED) is 0.663. The number of benzene rings is 1. The Kier molecular flexibility index (Phi) is 4.07. The highest BCUT2D eigenvalue weighted by Gasteiger charge is 2.17. The van der Waals surface area contributed by atoms with Crippen LogP contribution in [0.15, 0.2) is 29.6 Å². The van der Waals surface area contributed by atoms with Crippen molar-refractivity contribution in [1.82, 2.24) is 5.43 Å². The molecule has 1 atom stereocenters. The first-order chi connectivity index (χ1) is 8.11. The van der Waals surface area contributed by atoms with Crippen LogP contribution in [0, 0.1) is 6.92 Å². The lowest BCUT2D eigenvalue weighted by molar-refractivity contribution is 0.639. The summed E-state index contributed by atoms with van der Waals surface area (Å²) < 4.78 is 0. The fourth-order valence-corrected chi connectivity index (χ4v) is 2.85. The van der Waals surface area contributed by atoms with Crippen LogP contribution in [0.1, 0.15) is 22.0 Å². The van der Waals surface area contributed by atoms with Crippen molar-refractivity contribution in [3.05, 3.63) is 55.7 Å². The van der Waals surface area contributed by atoms with Crippen LogP contribution in [0.3, 0.4) is 0 Å². The summed E-state index contributed by atoms with van der Waals surface area (Å²) in [6.45, 7) is 2.06. The molecule has 5 heteroatoms. The third kappa shape index (κ3) is 2.81. The van der Waals surface area contributed by atoms with Gasteiger partial charge in [-0.3, -0.25) is 5.84 Å². The van der Waals surface area contributed by atoms with E-state index in [9.17, 15) is 0 Å². The van der Waals surface area contributed by atoms with Gasteiger partial charge >= 0.3 is 0 Å². The van der Waals surface area contributed by atoms with Gasteiger partial charge in [-0.2, -0.15) is 0 Å². The lowest BCUT2D eigenvalue weighted by Gasteiger charge is -2.17. The Morgan fingerprint density at radius 3 is 2.65 bits per heavy atom. The van der Waals surface area contributed by atoms with Gasteiger partial charge in [0.2, 0.25) is 0 Å². The normalized spacial score (nSPS) is 12.7. The largest absolute Gasteiger partial charge is 0.271 e. The minimum absolute atomic E-state index is 0.133. The molecule has 1 unspecified atom stereocenters. The second-order valence-electron chi connectivity index (χ2n) is 3.76. The van der Waals surface area contributed by atoms with Gasteiger partial charge < -0.3 is 0 Å². The Morgan fingerprint density at radius 1 is 1.29 bits per heavy atom. The molecular weight excluding hydrogens is 275 g/mol. The Labute approximate surface area is 114 Å². The summed E-state index contributed by atoms with van der Waals surface area (Å²) in [4.78, 5) is 1.23. The molecule has 0 saturated carbocycles. The molecule has 0 bridgehead atoms. The molecule has 0 radical (unpaired) electrons. The van der Waals surface area contributed by atoms with E-state index in [1.807, 2.05) is 6.07 Å². The Bertz CT molecular complexity index is 525. The Morgan fingerprint density at radius 2 is 2.06 bits per heavy atom. The zero-order valence-corrected chi connectivity index (χ0v) is 11.5. The van der Waals surface area contributed by atoms with Crippen LogP contribution in [-0.4, -0.2) is 0 Å². The van der Waals surface area contributed by atoms with Crippen LogP contribution in [0.4, 0.5) is 0 Å². The van der Waals surface area contributed by atoms with Gasteiger partial charge in [-0.15, -0.1) is 11.3 Å². The number of hydrazine groups is 1. The summed E-state index contributed by atoms with van der Waals surface area (Å²) in [7, 11) is 0. The highest BCUT2D eigenvalue weighted by atomic mass is 35.5. The van der Waals surface area contributed by atoms with Gasteiger partial charge in [-0.1, -0.05) is 23.2 Å². The molecule has 2 aromatic rings. The first-order valence-electron chi connectivity index (χ1n) is 5.08. The lowest BCUT2D eigenvalue weighted by atomic mass is 10.0. The summed E-state index contributed by atoms with van der Waals surface area (Å²) in [6.07, 6.45) is 0. The minimum Gasteiger partial charge on any atom is -0.271 e. The van der Waals surface area contributed by atoms with Gasteiger partial charge in [0, 0.05) is 14.9 Å². The summed E-state index contributed by atoms with van der Waals surface area (Å²) >= 11 is 13.8. The minimum atomic E-state index is -0.133. The number of rotatable bonds is 3. The van der Waals surface area contributed by atoms with Crippen LogP contribution < -0.4 is 11.3 Å². The predicted octanol–water partition coefficient (Wildman–Crippen LogP) is 3.92. The summed E-state index contributed by atoms with van der Waals surface area (Å²) in [6, 6.07) is 7.34. The molecule has 2 rings (SSSR count). The topological polar surface area (TPSA) is 38.0 Å². The SMILES string of the molecule is Cc1cc(C(NN)c2cc(Cl)ccc2Cl)cs1. The van der Waals surface area contributed by atoms with Gasteiger partial charge in [0.25, 0.3) is 0 Å². The average molecular weight is 287 g/mol. The van der Waals surface area contributed by atoms with Crippen molar-refractivity contribution >= 4 is 34.5 Å². The molecule has 17 heavy (non-hydrogen) atoms. The second-order valence-corrected chi connectivity index (χ2v) is 5.72. The number of nitrogens with one attached hydrogen (secondary N) is 1. The fraction of sp³-hybridized carbons (Fsp3) is 0.167. The molecule has 0 aliphatic carbocycles. The number of hydrogen-bond donors (Lipinski definition) is 2. The maximum atomic E-state index is 6.18. The lowest BCUT2D eigenvalue weighted by Crippen LogP contribution is -2.28. The zero-order valence-electron chi connectivity index (χ0n) is 9.21. The molecule has 0 aliphatic rings. The van der Waals surface area contributed by atoms with Crippen molar-refractivity contribution in [1.29, 1.82) is 0 Å². The van der Waals surface area contributed by atoms with Gasteiger partial charge in [-0.25, -0.2) is 5.43 Å². The molecule has 0 aliphatic heterocycles. The third-order valence-electron chi connectivity index (χ3n) is 2.52. The van der Waals surface area contributed by atoms with Gasteiger partial charge in [0.15, 0.2) is 0 Å². The standard InChI is InChI=1S/C12H12Cl2N2S/c1-7-4-8(6-17-7)12(16-15)10-5-9(13)2-3-11(10)14/h2-6,12,16H,15H2,1H3. The van der Waals surface area contributed by atoms with E-state index in [-0.39, 0.29) is 6.04 Å². The van der Waals surface area contributed by atoms with E-state index in [0.29, 0.717) is 10.0 Å². The Hall–Kier alpha value is -0.580. The maximum absolute atomic E-state index is 6.18. The van der Waals surface area contributed by atoms with Crippen LogP contribution >= 0.6 is 34.5 Å². The van der Waals surface area contributed by atoms with E-state index < -0.39 is 0 Å².